The molecule has 2 atom stereocenters. The fourth-order valence-electron chi connectivity index (χ4n) is 2.40. The van der Waals surface area contributed by atoms with Gasteiger partial charge in [-0.05, 0) is 46.0 Å². The third-order valence-electron chi connectivity index (χ3n) is 3.56. The molecule has 0 aromatic carbocycles. The Hall–Kier alpha value is -1.06. The second kappa shape index (κ2) is 5.29. The van der Waals surface area contributed by atoms with E-state index < -0.39 is 23.0 Å². The Morgan fingerprint density at radius 3 is 2.33 bits per heavy atom. The van der Waals surface area contributed by atoms with Crippen LogP contribution in [0.1, 0.15) is 59.8 Å². The van der Waals surface area contributed by atoms with Gasteiger partial charge in [0.2, 0.25) is 0 Å². The van der Waals surface area contributed by atoms with Crippen LogP contribution in [0.25, 0.3) is 0 Å². The van der Waals surface area contributed by atoms with E-state index in [2.05, 4.69) is 6.92 Å². The van der Waals surface area contributed by atoms with Gasteiger partial charge in [-0.25, -0.2) is 0 Å². The maximum absolute atomic E-state index is 12.2. The van der Waals surface area contributed by atoms with Crippen LogP contribution < -0.4 is 0 Å². The van der Waals surface area contributed by atoms with Crippen molar-refractivity contribution < 1.29 is 19.4 Å². The van der Waals surface area contributed by atoms with Crippen molar-refractivity contribution in [3.05, 3.63) is 0 Å². The van der Waals surface area contributed by atoms with Gasteiger partial charge in [0.15, 0.2) is 5.41 Å². The lowest BCUT2D eigenvalue weighted by atomic mass is 9.80. The summed E-state index contributed by atoms with van der Waals surface area (Å²) in [5.74, 6) is -1.13. The van der Waals surface area contributed by atoms with E-state index in [1.807, 2.05) is 0 Å². The molecule has 18 heavy (non-hydrogen) atoms. The molecular weight excluding hydrogens is 232 g/mol. The topological polar surface area (TPSA) is 63.6 Å². The van der Waals surface area contributed by atoms with Crippen LogP contribution in [-0.4, -0.2) is 22.6 Å². The number of carbonyl (C=O) groups excluding carboxylic acids is 1. The predicted molar refractivity (Wildman–Crippen MR) is 68.2 cm³/mol. The lowest BCUT2D eigenvalue weighted by molar-refractivity contribution is -0.178. The highest BCUT2D eigenvalue weighted by molar-refractivity contribution is 5.99. The molecule has 0 aromatic rings. The first kappa shape index (κ1) is 15.0. The fourth-order valence-corrected chi connectivity index (χ4v) is 2.40. The van der Waals surface area contributed by atoms with Gasteiger partial charge < -0.3 is 9.84 Å². The van der Waals surface area contributed by atoms with Crippen LogP contribution in [0.3, 0.4) is 0 Å². The highest BCUT2D eigenvalue weighted by Gasteiger charge is 2.49. The van der Waals surface area contributed by atoms with Gasteiger partial charge in [0.05, 0.1) is 0 Å². The number of hydrogen-bond acceptors (Lipinski definition) is 3. The molecule has 0 amide bonds. The van der Waals surface area contributed by atoms with Crippen molar-refractivity contribution in [2.75, 3.05) is 0 Å². The Labute approximate surface area is 109 Å². The molecule has 1 saturated carbocycles. The number of carboxylic acids is 1. The molecule has 1 aliphatic rings. The van der Waals surface area contributed by atoms with E-state index in [9.17, 15) is 14.7 Å². The Bertz CT molecular complexity index is 329. The minimum absolute atomic E-state index is 0.387. The zero-order chi connectivity index (χ0) is 14.0. The monoisotopic (exact) mass is 256 g/mol. The standard InChI is InChI=1S/C14H24O4/c1-10-6-5-8-14(9-7-10,11(15)16)12(17)18-13(2,3)4/h10H,5-9H2,1-4H3,(H,15,16). The summed E-state index contributed by atoms with van der Waals surface area (Å²) < 4.78 is 5.31. The molecule has 1 N–H and O–H groups in total. The normalized spacial score (nSPS) is 29.4. The van der Waals surface area contributed by atoms with Gasteiger partial charge in [0.1, 0.15) is 5.60 Å². The number of carbonyl (C=O) groups is 2. The van der Waals surface area contributed by atoms with Gasteiger partial charge in [-0.1, -0.05) is 19.8 Å². The number of rotatable bonds is 2. The largest absolute Gasteiger partial charge is 0.480 e. The van der Waals surface area contributed by atoms with E-state index in [4.69, 9.17) is 4.74 Å². The molecular formula is C14H24O4. The molecule has 4 nitrogen and oxygen atoms in total. The van der Waals surface area contributed by atoms with Crippen LogP contribution in [0, 0.1) is 11.3 Å². The van der Waals surface area contributed by atoms with Crippen molar-refractivity contribution in [3.63, 3.8) is 0 Å². The van der Waals surface area contributed by atoms with Gasteiger partial charge in [0.25, 0.3) is 0 Å². The smallest absolute Gasteiger partial charge is 0.323 e. The molecule has 0 aliphatic heterocycles. The summed E-state index contributed by atoms with van der Waals surface area (Å²) >= 11 is 0. The van der Waals surface area contributed by atoms with Crippen molar-refractivity contribution in [2.45, 2.75) is 65.4 Å². The Kier molecular flexibility index (Phi) is 4.41. The van der Waals surface area contributed by atoms with Crippen molar-refractivity contribution in [3.8, 4) is 0 Å². The number of hydrogen-bond donors (Lipinski definition) is 1. The first-order valence-electron chi connectivity index (χ1n) is 6.64. The number of aliphatic carboxylic acids is 1. The van der Waals surface area contributed by atoms with E-state index in [-0.39, 0.29) is 0 Å². The van der Waals surface area contributed by atoms with E-state index in [0.29, 0.717) is 18.8 Å². The minimum Gasteiger partial charge on any atom is -0.480 e. The maximum atomic E-state index is 12.2. The molecule has 1 fully saturated rings. The highest BCUT2D eigenvalue weighted by atomic mass is 16.6. The van der Waals surface area contributed by atoms with E-state index >= 15 is 0 Å². The quantitative estimate of drug-likeness (QED) is 0.468. The molecule has 4 heteroatoms. The van der Waals surface area contributed by atoms with E-state index in [1.54, 1.807) is 20.8 Å². The first-order chi connectivity index (χ1) is 8.17. The molecule has 0 radical (unpaired) electrons. The molecule has 0 heterocycles. The Balaban J connectivity index is 2.93. The summed E-state index contributed by atoms with van der Waals surface area (Å²) in [6.07, 6.45) is 3.30. The SMILES string of the molecule is CC1CCCC(C(=O)O)(C(=O)OC(C)(C)C)CC1. The summed E-state index contributed by atoms with van der Waals surface area (Å²) in [7, 11) is 0. The predicted octanol–water partition coefficient (Wildman–Crippen LogP) is 3.00. The third-order valence-corrected chi connectivity index (χ3v) is 3.56. The molecule has 1 rings (SSSR count). The maximum Gasteiger partial charge on any atom is 0.323 e. The first-order valence-corrected chi connectivity index (χ1v) is 6.64. The molecule has 104 valence electrons. The molecule has 0 saturated heterocycles. The van der Waals surface area contributed by atoms with Crippen LogP contribution in [0.4, 0.5) is 0 Å². The zero-order valence-electron chi connectivity index (χ0n) is 11.8. The van der Waals surface area contributed by atoms with Crippen molar-refractivity contribution in [1.82, 2.24) is 0 Å². The number of ether oxygens (including phenoxy) is 1. The Morgan fingerprint density at radius 2 is 1.83 bits per heavy atom. The molecule has 1 aliphatic carbocycles. The lowest BCUT2D eigenvalue weighted by Crippen LogP contribution is -2.43. The summed E-state index contributed by atoms with van der Waals surface area (Å²) in [4.78, 5) is 23.8. The lowest BCUT2D eigenvalue weighted by Gasteiger charge is -2.30. The summed E-state index contributed by atoms with van der Waals surface area (Å²) in [5, 5.41) is 9.47. The summed E-state index contributed by atoms with van der Waals surface area (Å²) in [6.45, 7) is 7.40. The number of esters is 1. The highest BCUT2D eigenvalue weighted by Crippen LogP contribution is 2.39. The molecule has 2 unspecified atom stereocenters. The van der Waals surface area contributed by atoms with Crippen LogP contribution in [-0.2, 0) is 14.3 Å². The average Bonchev–Trinajstić information content (AvgIpc) is 2.38. The average molecular weight is 256 g/mol. The van der Waals surface area contributed by atoms with E-state index in [0.717, 1.165) is 19.3 Å². The molecule has 0 aromatic heterocycles. The van der Waals surface area contributed by atoms with E-state index in [1.165, 1.54) is 0 Å². The van der Waals surface area contributed by atoms with Crippen LogP contribution in [0.2, 0.25) is 0 Å². The van der Waals surface area contributed by atoms with Crippen LogP contribution >= 0.6 is 0 Å². The third kappa shape index (κ3) is 3.47. The number of carboxylic acid groups (broad SMARTS) is 1. The van der Waals surface area contributed by atoms with Gasteiger partial charge in [-0.3, -0.25) is 9.59 Å². The van der Waals surface area contributed by atoms with Gasteiger partial charge >= 0.3 is 11.9 Å². The van der Waals surface area contributed by atoms with Crippen molar-refractivity contribution >= 4 is 11.9 Å². The van der Waals surface area contributed by atoms with Crippen LogP contribution in [0.15, 0.2) is 0 Å². The fraction of sp³-hybridized carbons (Fsp3) is 0.857. The molecule has 0 spiro atoms. The second-order valence-corrected chi connectivity index (χ2v) is 6.43. The van der Waals surface area contributed by atoms with Crippen molar-refractivity contribution in [1.29, 1.82) is 0 Å². The van der Waals surface area contributed by atoms with Gasteiger partial charge in [-0.15, -0.1) is 0 Å². The van der Waals surface area contributed by atoms with Crippen LogP contribution in [0.5, 0.6) is 0 Å². The summed E-state index contributed by atoms with van der Waals surface area (Å²) in [5.41, 5.74) is -1.98. The van der Waals surface area contributed by atoms with Crippen molar-refractivity contribution in [2.24, 2.45) is 11.3 Å². The van der Waals surface area contributed by atoms with Gasteiger partial charge in [-0.2, -0.15) is 0 Å². The summed E-state index contributed by atoms with van der Waals surface area (Å²) in [6, 6.07) is 0. The van der Waals surface area contributed by atoms with Gasteiger partial charge in [0, 0.05) is 0 Å². The zero-order valence-corrected chi connectivity index (χ0v) is 11.8. The second-order valence-electron chi connectivity index (χ2n) is 6.43. The molecule has 0 bridgehead atoms. The Morgan fingerprint density at radius 1 is 1.22 bits per heavy atom. The minimum atomic E-state index is -1.34.